The summed E-state index contributed by atoms with van der Waals surface area (Å²) >= 11 is 0. The van der Waals surface area contributed by atoms with Crippen LogP contribution in [0.1, 0.15) is 6.92 Å². The van der Waals surface area contributed by atoms with E-state index in [2.05, 4.69) is 0 Å². The highest BCUT2D eigenvalue weighted by Gasteiger charge is 2.23. The number of hydrogen-bond donors (Lipinski definition) is 1. The van der Waals surface area contributed by atoms with E-state index in [1.165, 1.54) is 19.1 Å². The fraction of sp³-hybridized carbons (Fsp3) is 0.429. The molecule has 11 heavy (non-hydrogen) atoms. The monoisotopic (exact) mass is 155 g/mol. The second-order valence-corrected chi connectivity index (χ2v) is 2.47. The first-order chi connectivity index (χ1) is 5.11. The molecule has 0 aliphatic carbocycles. The molecule has 2 amide bonds. The summed E-state index contributed by atoms with van der Waals surface area (Å²) in [4.78, 5) is 22.7. The molecule has 0 bridgehead atoms. The summed E-state index contributed by atoms with van der Waals surface area (Å²) in [6.45, 7) is 1.60. The highest BCUT2D eigenvalue weighted by Crippen LogP contribution is 2.03. The molecule has 0 saturated carbocycles. The minimum Gasteiger partial charge on any atom is -0.392 e. The molecule has 0 aromatic rings. The summed E-state index contributed by atoms with van der Waals surface area (Å²) in [7, 11) is 0. The summed E-state index contributed by atoms with van der Waals surface area (Å²) in [5.74, 6) is -0.702. The van der Waals surface area contributed by atoms with Gasteiger partial charge in [-0.25, -0.2) is 0 Å². The molecule has 1 N–H and O–H groups in total. The molecule has 4 nitrogen and oxygen atoms in total. The topological polar surface area (TPSA) is 57.6 Å². The first kappa shape index (κ1) is 7.94. The molecule has 0 aromatic heterocycles. The lowest BCUT2D eigenvalue weighted by Crippen LogP contribution is -2.35. The first-order valence-electron chi connectivity index (χ1n) is 3.33. The second kappa shape index (κ2) is 2.84. The standard InChI is InChI=1S/C7H9NO3/c1-5(9)4-8-6(10)2-3-7(8)11/h2-3,5,9H,4H2,1H3/t5-/m0/s1. The van der Waals surface area contributed by atoms with Gasteiger partial charge < -0.3 is 5.11 Å². The Balaban J connectivity index is 2.59. The quantitative estimate of drug-likeness (QED) is 0.536. The third kappa shape index (κ3) is 1.65. The Morgan fingerprint density at radius 2 is 1.91 bits per heavy atom. The molecule has 1 aliphatic rings. The van der Waals surface area contributed by atoms with Gasteiger partial charge in [-0.15, -0.1) is 0 Å². The van der Waals surface area contributed by atoms with E-state index in [1.807, 2.05) is 0 Å². The molecule has 0 saturated heterocycles. The number of carbonyl (C=O) groups is 2. The number of carbonyl (C=O) groups excluding carboxylic acids is 2. The second-order valence-electron chi connectivity index (χ2n) is 2.47. The number of nitrogens with zero attached hydrogens (tertiary/aromatic N) is 1. The smallest absolute Gasteiger partial charge is 0.253 e. The Morgan fingerprint density at radius 3 is 2.27 bits per heavy atom. The lowest BCUT2D eigenvalue weighted by atomic mass is 10.4. The summed E-state index contributed by atoms with van der Waals surface area (Å²) < 4.78 is 0. The molecule has 4 heteroatoms. The van der Waals surface area contributed by atoms with Gasteiger partial charge in [-0.05, 0) is 6.92 Å². The minimum atomic E-state index is -0.664. The van der Waals surface area contributed by atoms with Crippen molar-refractivity contribution in [2.24, 2.45) is 0 Å². The van der Waals surface area contributed by atoms with Crippen molar-refractivity contribution in [3.05, 3.63) is 12.2 Å². The molecular formula is C7H9NO3. The van der Waals surface area contributed by atoms with E-state index in [1.54, 1.807) is 0 Å². The van der Waals surface area contributed by atoms with Gasteiger partial charge in [0.05, 0.1) is 12.6 Å². The van der Waals surface area contributed by atoms with Crippen molar-refractivity contribution in [2.75, 3.05) is 6.54 Å². The van der Waals surface area contributed by atoms with Crippen molar-refractivity contribution in [2.45, 2.75) is 13.0 Å². The van der Waals surface area contributed by atoms with Gasteiger partial charge in [0.15, 0.2) is 0 Å². The van der Waals surface area contributed by atoms with Crippen molar-refractivity contribution >= 4 is 11.8 Å². The van der Waals surface area contributed by atoms with E-state index in [-0.39, 0.29) is 18.4 Å². The molecule has 1 atom stereocenters. The maximum Gasteiger partial charge on any atom is 0.253 e. The minimum absolute atomic E-state index is 0.0741. The number of rotatable bonds is 2. The van der Waals surface area contributed by atoms with Crippen LogP contribution in [-0.4, -0.2) is 34.5 Å². The Morgan fingerprint density at radius 1 is 1.45 bits per heavy atom. The average Bonchev–Trinajstić information content (AvgIpc) is 2.18. The van der Waals surface area contributed by atoms with Crippen LogP contribution in [0.4, 0.5) is 0 Å². The Kier molecular flexibility index (Phi) is 2.05. The summed E-state index contributed by atoms with van der Waals surface area (Å²) in [5.41, 5.74) is 0. The Hall–Kier alpha value is -1.16. The molecule has 60 valence electrons. The zero-order valence-corrected chi connectivity index (χ0v) is 6.15. The largest absolute Gasteiger partial charge is 0.392 e. The van der Waals surface area contributed by atoms with Gasteiger partial charge >= 0.3 is 0 Å². The van der Waals surface area contributed by atoms with Crippen LogP contribution in [0.25, 0.3) is 0 Å². The van der Waals surface area contributed by atoms with Crippen molar-refractivity contribution in [3.63, 3.8) is 0 Å². The van der Waals surface area contributed by atoms with Crippen LogP contribution in [0, 0.1) is 0 Å². The van der Waals surface area contributed by atoms with E-state index in [9.17, 15) is 9.59 Å². The van der Waals surface area contributed by atoms with E-state index >= 15 is 0 Å². The molecule has 1 aliphatic heterocycles. The lowest BCUT2D eigenvalue weighted by molar-refractivity contribution is -0.138. The van der Waals surface area contributed by atoms with Crippen LogP contribution in [0.15, 0.2) is 12.2 Å². The number of amides is 2. The predicted octanol–water partition coefficient (Wildman–Crippen LogP) is -0.708. The van der Waals surface area contributed by atoms with Gasteiger partial charge in [0.25, 0.3) is 11.8 Å². The SMILES string of the molecule is C[C@H](O)CN1C(=O)C=CC1=O. The highest BCUT2D eigenvalue weighted by atomic mass is 16.3. The molecule has 0 radical (unpaired) electrons. The van der Waals surface area contributed by atoms with Crippen LogP contribution in [0.5, 0.6) is 0 Å². The van der Waals surface area contributed by atoms with Crippen LogP contribution in [0.3, 0.4) is 0 Å². The molecule has 0 spiro atoms. The predicted molar refractivity (Wildman–Crippen MR) is 37.5 cm³/mol. The van der Waals surface area contributed by atoms with Crippen LogP contribution in [0.2, 0.25) is 0 Å². The number of aliphatic hydroxyl groups is 1. The van der Waals surface area contributed by atoms with Crippen LogP contribution >= 0.6 is 0 Å². The number of imide groups is 1. The maximum atomic E-state index is 10.8. The normalized spacial score (nSPS) is 19.6. The molecule has 0 unspecified atom stereocenters. The zero-order chi connectivity index (χ0) is 8.43. The van der Waals surface area contributed by atoms with Crippen LogP contribution < -0.4 is 0 Å². The zero-order valence-electron chi connectivity index (χ0n) is 6.15. The summed E-state index contributed by atoms with van der Waals surface area (Å²) in [5, 5.41) is 8.87. The van der Waals surface area contributed by atoms with Gasteiger partial charge in [0, 0.05) is 12.2 Å². The average molecular weight is 155 g/mol. The van der Waals surface area contributed by atoms with Gasteiger partial charge in [-0.2, -0.15) is 0 Å². The van der Waals surface area contributed by atoms with E-state index in [0.29, 0.717) is 0 Å². The number of β-amino-alcohol motifs (C(OH)–C–C–N with tert-alkyl or cyclic N) is 1. The molecule has 0 aromatic carbocycles. The van der Waals surface area contributed by atoms with E-state index in [0.717, 1.165) is 4.90 Å². The fourth-order valence-corrected chi connectivity index (χ4v) is 0.875. The third-order valence-electron chi connectivity index (χ3n) is 1.35. The summed E-state index contributed by atoms with van der Waals surface area (Å²) in [6.07, 6.45) is 1.73. The van der Waals surface area contributed by atoms with Gasteiger partial charge in [-0.1, -0.05) is 0 Å². The first-order valence-corrected chi connectivity index (χ1v) is 3.33. The molecular weight excluding hydrogens is 146 g/mol. The molecule has 1 heterocycles. The third-order valence-corrected chi connectivity index (χ3v) is 1.35. The number of hydrogen-bond acceptors (Lipinski definition) is 3. The molecule has 0 fully saturated rings. The number of aliphatic hydroxyl groups excluding tert-OH is 1. The maximum absolute atomic E-state index is 10.8. The Bertz CT molecular complexity index is 202. The summed E-state index contributed by atoms with van der Waals surface area (Å²) in [6, 6.07) is 0. The van der Waals surface area contributed by atoms with Gasteiger partial charge in [-0.3, -0.25) is 14.5 Å². The van der Waals surface area contributed by atoms with Crippen molar-refractivity contribution in [1.29, 1.82) is 0 Å². The van der Waals surface area contributed by atoms with E-state index in [4.69, 9.17) is 5.11 Å². The van der Waals surface area contributed by atoms with Crippen molar-refractivity contribution < 1.29 is 14.7 Å². The van der Waals surface area contributed by atoms with Crippen molar-refractivity contribution in [3.8, 4) is 0 Å². The van der Waals surface area contributed by atoms with Gasteiger partial charge in [0.1, 0.15) is 0 Å². The highest BCUT2D eigenvalue weighted by molar-refractivity contribution is 6.12. The lowest BCUT2D eigenvalue weighted by Gasteiger charge is -2.14. The van der Waals surface area contributed by atoms with E-state index < -0.39 is 6.10 Å². The molecule has 1 rings (SSSR count). The fourth-order valence-electron chi connectivity index (χ4n) is 0.875. The van der Waals surface area contributed by atoms with Crippen LogP contribution in [-0.2, 0) is 9.59 Å². The van der Waals surface area contributed by atoms with Crippen molar-refractivity contribution in [1.82, 2.24) is 4.90 Å². The van der Waals surface area contributed by atoms with Gasteiger partial charge in [0.2, 0.25) is 0 Å². The Labute approximate surface area is 64.1 Å².